The number of carbonyl (C=O) groups is 2. The lowest BCUT2D eigenvalue weighted by Crippen LogP contribution is -2.47. The average Bonchev–Trinajstić information content (AvgIpc) is 2.81. The Bertz CT molecular complexity index is 1130. The molecule has 164 valence electrons. The van der Waals surface area contributed by atoms with Crippen molar-refractivity contribution in [2.24, 2.45) is 5.92 Å². The fraction of sp³-hybridized carbons (Fsp3) is 0.231. The van der Waals surface area contributed by atoms with E-state index in [1.54, 1.807) is 30.0 Å². The third kappa shape index (κ3) is 4.70. The minimum absolute atomic E-state index is 0.122. The highest BCUT2D eigenvalue weighted by atomic mass is 32.2. The summed E-state index contributed by atoms with van der Waals surface area (Å²) >= 11 is 1.40. The SMILES string of the molecule is Cc1ccc(CNC(=O)[C@@H](C)[C@@H]2Sc3ccccc3N(Cc3ccccc3F)C2=O)cc1. The number of carbonyl (C=O) groups excluding carboxylic acids is 2. The standard InChI is InChI=1S/C26H25FN2O2S/c1-17-11-13-19(14-12-17)15-28-25(30)18(2)24-26(31)29(16-20-7-3-4-8-21(20)27)22-9-5-6-10-23(22)32-24/h3-14,18,24H,15-16H2,1-2H3,(H,28,30)/t18-,24-/m0/s1. The van der Waals surface area contributed by atoms with Gasteiger partial charge < -0.3 is 10.2 Å². The zero-order chi connectivity index (χ0) is 22.7. The molecule has 0 unspecified atom stereocenters. The van der Waals surface area contributed by atoms with Gasteiger partial charge in [-0.05, 0) is 30.7 Å². The van der Waals surface area contributed by atoms with Gasteiger partial charge in [-0.2, -0.15) is 0 Å². The van der Waals surface area contributed by atoms with E-state index < -0.39 is 11.2 Å². The van der Waals surface area contributed by atoms with Crippen molar-refractivity contribution in [3.63, 3.8) is 0 Å². The van der Waals surface area contributed by atoms with Crippen LogP contribution in [-0.2, 0) is 22.7 Å². The molecule has 0 bridgehead atoms. The smallest absolute Gasteiger partial charge is 0.241 e. The van der Waals surface area contributed by atoms with Gasteiger partial charge in [0.2, 0.25) is 11.8 Å². The molecule has 1 N–H and O–H groups in total. The third-order valence-corrected chi connectivity index (χ3v) is 7.12. The fourth-order valence-corrected chi connectivity index (χ4v) is 4.99. The number of anilines is 1. The van der Waals surface area contributed by atoms with Crippen molar-refractivity contribution in [1.82, 2.24) is 5.32 Å². The zero-order valence-corrected chi connectivity index (χ0v) is 18.9. The zero-order valence-electron chi connectivity index (χ0n) is 18.0. The molecule has 4 nitrogen and oxygen atoms in total. The van der Waals surface area contributed by atoms with E-state index in [9.17, 15) is 14.0 Å². The van der Waals surface area contributed by atoms with E-state index in [1.165, 1.54) is 17.8 Å². The van der Waals surface area contributed by atoms with E-state index in [4.69, 9.17) is 0 Å². The summed E-state index contributed by atoms with van der Waals surface area (Å²) in [5, 5.41) is 2.36. The number of amides is 2. The molecule has 0 aromatic heterocycles. The minimum Gasteiger partial charge on any atom is -0.352 e. The Balaban J connectivity index is 1.53. The van der Waals surface area contributed by atoms with Gasteiger partial charge in [0.05, 0.1) is 18.2 Å². The molecular weight excluding hydrogens is 423 g/mol. The molecule has 0 saturated carbocycles. The second kappa shape index (κ2) is 9.57. The first kappa shape index (κ1) is 22.1. The summed E-state index contributed by atoms with van der Waals surface area (Å²) in [6, 6.07) is 22.0. The lowest BCUT2D eigenvalue weighted by molar-refractivity contribution is -0.128. The van der Waals surface area contributed by atoms with Crippen molar-refractivity contribution >= 4 is 29.3 Å². The number of nitrogens with one attached hydrogen (secondary N) is 1. The summed E-state index contributed by atoms with van der Waals surface area (Å²) in [5.74, 6) is -1.26. The minimum atomic E-state index is -0.588. The van der Waals surface area contributed by atoms with Crippen molar-refractivity contribution in [3.8, 4) is 0 Å². The van der Waals surface area contributed by atoms with Gasteiger partial charge in [0.1, 0.15) is 11.1 Å². The summed E-state index contributed by atoms with van der Waals surface area (Å²) in [6.07, 6.45) is 0. The highest BCUT2D eigenvalue weighted by Gasteiger charge is 2.39. The van der Waals surface area contributed by atoms with Crippen LogP contribution >= 0.6 is 11.8 Å². The molecule has 6 heteroatoms. The molecule has 4 rings (SSSR count). The van der Waals surface area contributed by atoms with Gasteiger partial charge in [0.25, 0.3) is 0 Å². The Kier molecular flexibility index (Phi) is 6.61. The molecule has 1 aliphatic rings. The molecule has 1 aliphatic heterocycles. The molecule has 0 radical (unpaired) electrons. The van der Waals surface area contributed by atoms with Crippen molar-refractivity contribution < 1.29 is 14.0 Å². The van der Waals surface area contributed by atoms with Crippen molar-refractivity contribution in [2.75, 3.05) is 4.90 Å². The Morgan fingerprint density at radius 3 is 2.50 bits per heavy atom. The van der Waals surface area contributed by atoms with Gasteiger partial charge in [0.15, 0.2) is 0 Å². The van der Waals surface area contributed by atoms with Crippen LogP contribution in [0.4, 0.5) is 10.1 Å². The number of aryl methyl sites for hydroxylation is 1. The number of benzene rings is 3. The molecule has 2 amide bonds. The Hall–Kier alpha value is -3.12. The predicted octanol–water partition coefficient (Wildman–Crippen LogP) is 5.09. The molecule has 3 aromatic carbocycles. The number of rotatable bonds is 6. The summed E-state index contributed by atoms with van der Waals surface area (Å²) in [6.45, 7) is 4.32. The largest absolute Gasteiger partial charge is 0.352 e. The van der Waals surface area contributed by atoms with Gasteiger partial charge in [-0.3, -0.25) is 9.59 Å². The van der Waals surface area contributed by atoms with Crippen LogP contribution in [0, 0.1) is 18.7 Å². The van der Waals surface area contributed by atoms with Crippen LogP contribution in [0.15, 0.2) is 77.7 Å². The van der Waals surface area contributed by atoms with Crippen molar-refractivity contribution in [1.29, 1.82) is 0 Å². The number of hydrogen-bond acceptors (Lipinski definition) is 3. The first-order valence-electron chi connectivity index (χ1n) is 10.6. The maximum atomic E-state index is 14.3. The molecule has 0 fully saturated rings. The quantitative estimate of drug-likeness (QED) is 0.571. The van der Waals surface area contributed by atoms with E-state index in [-0.39, 0.29) is 24.2 Å². The van der Waals surface area contributed by atoms with E-state index in [0.29, 0.717) is 12.1 Å². The molecule has 0 aliphatic carbocycles. The normalized spacial score (nSPS) is 16.4. The van der Waals surface area contributed by atoms with E-state index in [2.05, 4.69) is 5.32 Å². The van der Waals surface area contributed by atoms with E-state index in [1.807, 2.05) is 55.5 Å². The average molecular weight is 449 g/mol. The Morgan fingerprint density at radius 1 is 1.06 bits per heavy atom. The molecule has 32 heavy (non-hydrogen) atoms. The summed E-state index contributed by atoms with van der Waals surface area (Å²) < 4.78 is 14.3. The number of thioether (sulfide) groups is 1. The first-order chi connectivity index (χ1) is 15.4. The fourth-order valence-electron chi connectivity index (χ4n) is 3.71. The highest BCUT2D eigenvalue weighted by molar-refractivity contribution is 8.01. The summed E-state index contributed by atoms with van der Waals surface area (Å²) in [5.41, 5.74) is 3.35. The van der Waals surface area contributed by atoms with Crippen LogP contribution in [0.25, 0.3) is 0 Å². The molecular formula is C26H25FN2O2S. The molecule has 2 atom stereocenters. The monoisotopic (exact) mass is 448 g/mol. The van der Waals surface area contributed by atoms with Gasteiger partial charge >= 0.3 is 0 Å². The van der Waals surface area contributed by atoms with Crippen molar-refractivity contribution in [3.05, 3.63) is 95.3 Å². The van der Waals surface area contributed by atoms with Gasteiger partial charge in [-0.25, -0.2) is 4.39 Å². The molecule has 0 spiro atoms. The topological polar surface area (TPSA) is 49.4 Å². The van der Waals surface area contributed by atoms with Crippen LogP contribution < -0.4 is 10.2 Å². The second-order valence-corrected chi connectivity index (χ2v) is 9.20. The van der Waals surface area contributed by atoms with Crippen LogP contribution in [-0.4, -0.2) is 17.1 Å². The van der Waals surface area contributed by atoms with E-state index in [0.717, 1.165) is 21.7 Å². The maximum absolute atomic E-state index is 14.3. The number of halogens is 1. The lowest BCUT2D eigenvalue weighted by atomic mass is 10.0. The predicted molar refractivity (Wildman–Crippen MR) is 126 cm³/mol. The number of fused-ring (bicyclic) bond motifs is 1. The number of hydrogen-bond donors (Lipinski definition) is 1. The summed E-state index contributed by atoms with van der Waals surface area (Å²) in [4.78, 5) is 28.9. The van der Waals surface area contributed by atoms with Crippen LogP contribution in [0.3, 0.4) is 0 Å². The molecule has 0 saturated heterocycles. The highest BCUT2D eigenvalue weighted by Crippen LogP contribution is 2.42. The number of para-hydroxylation sites is 1. The first-order valence-corrected chi connectivity index (χ1v) is 11.5. The lowest BCUT2D eigenvalue weighted by Gasteiger charge is -2.35. The second-order valence-electron chi connectivity index (χ2n) is 8.01. The summed E-state index contributed by atoms with van der Waals surface area (Å²) in [7, 11) is 0. The number of nitrogens with zero attached hydrogens (tertiary/aromatic N) is 1. The van der Waals surface area contributed by atoms with E-state index >= 15 is 0 Å². The van der Waals surface area contributed by atoms with Crippen LogP contribution in [0.1, 0.15) is 23.6 Å². The Labute approximate surface area is 191 Å². The molecule has 1 heterocycles. The third-order valence-electron chi connectivity index (χ3n) is 5.66. The van der Waals surface area contributed by atoms with Crippen LogP contribution in [0.2, 0.25) is 0 Å². The van der Waals surface area contributed by atoms with Crippen molar-refractivity contribution in [2.45, 2.75) is 37.1 Å². The van der Waals surface area contributed by atoms with Gasteiger partial charge in [-0.15, -0.1) is 11.8 Å². The van der Waals surface area contributed by atoms with Crippen LogP contribution in [0.5, 0.6) is 0 Å². The molecule has 3 aromatic rings. The van der Waals surface area contributed by atoms with Gasteiger partial charge in [0, 0.05) is 17.0 Å². The van der Waals surface area contributed by atoms with Gasteiger partial charge in [-0.1, -0.05) is 67.1 Å². The maximum Gasteiger partial charge on any atom is 0.241 e. The Morgan fingerprint density at radius 2 is 1.75 bits per heavy atom.